The number of benzene rings is 1. The van der Waals surface area contributed by atoms with Gasteiger partial charge in [0.1, 0.15) is 0 Å². The molecule has 0 aromatic heterocycles. The van der Waals surface area contributed by atoms with Crippen LogP contribution in [0.1, 0.15) is 25.3 Å². The Morgan fingerprint density at radius 1 is 1.42 bits per heavy atom. The van der Waals surface area contributed by atoms with Crippen molar-refractivity contribution in [1.29, 1.82) is 0 Å². The molecule has 19 heavy (non-hydrogen) atoms. The van der Waals surface area contributed by atoms with E-state index in [9.17, 15) is 10.1 Å². The van der Waals surface area contributed by atoms with Crippen molar-refractivity contribution in [3.8, 4) is 0 Å². The molecule has 1 fully saturated rings. The average molecular weight is 263 g/mol. The Bertz CT molecular complexity index is 433. The number of rotatable bonds is 4. The highest BCUT2D eigenvalue weighted by Crippen LogP contribution is 2.24. The van der Waals surface area contributed by atoms with Crippen molar-refractivity contribution in [1.82, 2.24) is 4.90 Å². The first-order chi connectivity index (χ1) is 9.11. The largest absolute Gasteiger partial charge is 0.329 e. The van der Waals surface area contributed by atoms with Crippen LogP contribution in [-0.4, -0.2) is 29.0 Å². The second-order valence-corrected chi connectivity index (χ2v) is 5.32. The molecule has 0 bridgehead atoms. The molecule has 0 radical (unpaired) electrons. The summed E-state index contributed by atoms with van der Waals surface area (Å²) in [4.78, 5) is 12.7. The molecule has 5 heteroatoms. The van der Waals surface area contributed by atoms with Gasteiger partial charge in [0.25, 0.3) is 5.69 Å². The first-order valence-electron chi connectivity index (χ1n) is 6.79. The Kier molecular flexibility index (Phi) is 4.50. The summed E-state index contributed by atoms with van der Waals surface area (Å²) < 4.78 is 0. The maximum absolute atomic E-state index is 10.6. The SMILES string of the molecule is CC1CCCN(Cc2ccc([N+](=O)[O-])cc2)C1CN. The molecule has 0 aliphatic carbocycles. The van der Waals surface area contributed by atoms with Gasteiger partial charge in [0.2, 0.25) is 0 Å². The van der Waals surface area contributed by atoms with Crippen LogP contribution in [0, 0.1) is 16.0 Å². The molecule has 0 saturated carbocycles. The quantitative estimate of drug-likeness (QED) is 0.667. The van der Waals surface area contributed by atoms with Gasteiger partial charge in [0.05, 0.1) is 4.92 Å². The predicted octanol–water partition coefficient (Wildman–Crippen LogP) is 2.15. The Balaban J connectivity index is 2.05. The van der Waals surface area contributed by atoms with Crippen LogP contribution < -0.4 is 5.73 Å². The molecule has 1 heterocycles. The molecule has 1 aliphatic rings. The van der Waals surface area contributed by atoms with Crippen molar-refractivity contribution in [2.24, 2.45) is 11.7 Å². The molecule has 2 atom stereocenters. The van der Waals surface area contributed by atoms with Crippen molar-refractivity contribution >= 4 is 5.69 Å². The highest BCUT2D eigenvalue weighted by atomic mass is 16.6. The molecule has 2 rings (SSSR count). The maximum Gasteiger partial charge on any atom is 0.269 e. The van der Waals surface area contributed by atoms with Gasteiger partial charge in [-0.15, -0.1) is 0 Å². The third-order valence-corrected chi connectivity index (χ3v) is 4.00. The molecule has 1 aromatic rings. The third kappa shape index (κ3) is 3.30. The number of nitrogens with zero attached hydrogens (tertiary/aromatic N) is 2. The first-order valence-corrected chi connectivity index (χ1v) is 6.79. The zero-order valence-corrected chi connectivity index (χ0v) is 11.3. The number of likely N-dealkylation sites (tertiary alicyclic amines) is 1. The third-order valence-electron chi connectivity index (χ3n) is 4.00. The number of hydrogen-bond acceptors (Lipinski definition) is 4. The maximum atomic E-state index is 10.6. The smallest absolute Gasteiger partial charge is 0.269 e. The van der Waals surface area contributed by atoms with Gasteiger partial charge in [-0.2, -0.15) is 0 Å². The monoisotopic (exact) mass is 263 g/mol. The summed E-state index contributed by atoms with van der Waals surface area (Å²) >= 11 is 0. The summed E-state index contributed by atoms with van der Waals surface area (Å²) in [6.07, 6.45) is 2.43. The van der Waals surface area contributed by atoms with Gasteiger partial charge in [-0.3, -0.25) is 15.0 Å². The summed E-state index contributed by atoms with van der Waals surface area (Å²) in [7, 11) is 0. The van der Waals surface area contributed by atoms with E-state index >= 15 is 0 Å². The lowest BCUT2D eigenvalue weighted by Gasteiger charge is -2.39. The second-order valence-electron chi connectivity index (χ2n) is 5.32. The molecule has 2 N–H and O–H groups in total. The molecule has 1 saturated heterocycles. The molecule has 2 unspecified atom stereocenters. The lowest BCUT2D eigenvalue weighted by molar-refractivity contribution is -0.384. The molecular weight excluding hydrogens is 242 g/mol. The summed E-state index contributed by atoms with van der Waals surface area (Å²) in [5.74, 6) is 0.622. The zero-order valence-electron chi connectivity index (χ0n) is 11.3. The number of nitrogens with two attached hydrogens (primary N) is 1. The van der Waals surface area contributed by atoms with Crippen LogP contribution in [0.15, 0.2) is 24.3 Å². The molecule has 104 valence electrons. The molecule has 0 spiro atoms. The van der Waals surface area contributed by atoms with Crippen molar-refractivity contribution in [2.45, 2.75) is 32.4 Å². The van der Waals surface area contributed by atoms with Crippen molar-refractivity contribution < 1.29 is 4.92 Å². The molecule has 0 amide bonds. The van der Waals surface area contributed by atoms with E-state index in [0.29, 0.717) is 18.5 Å². The molecule has 1 aromatic carbocycles. The first kappa shape index (κ1) is 14.0. The van der Waals surface area contributed by atoms with E-state index in [2.05, 4.69) is 11.8 Å². The van der Waals surface area contributed by atoms with Gasteiger partial charge in [-0.1, -0.05) is 19.1 Å². The van der Waals surface area contributed by atoms with Crippen LogP contribution >= 0.6 is 0 Å². The minimum atomic E-state index is -0.366. The Morgan fingerprint density at radius 3 is 2.68 bits per heavy atom. The summed E-state index contributed by atoms with van der Waals surface area (Å²) in [5.41, 5.74) is 7.12. The van der Waals surface area contributed by atoms with E-state index in [0.717, 1.165) is 18.7 Å². The van der Waals surface area contributed by atoms with Crippen LogP contribution in [0.2, 0.25) is 0 Å². The van der Waals surface area contributed by atoms with E-state index in [1.165, 1.54) is 12.8 Å². The van der Waals surface area contributed by atoms with Crippen LogP contribution in [0.5, 0.6) is 0 Å². The van der Waals surface area contributed by atoms with E-state index in [1.54, 1.807) is 12.1 Å². The highest BCUT2D eigenvalue weighted by molar-refractivity contribution is 5.32. The second kappa shape index (κ2) is 6.12. The van der Waals surface area contributed by atoms with Crippen LogP contribution in [-0.2, 0) is 6.54 Å². The molecule has 1 aliphatic heterocycles. The molecule has 5 nitrogen and oxygen atoms in total. The minimum Gasteiger partial charge on any atom is -0.329 e. The van der Waals surface area contributed by atoms with Crippen LogP contribution in [0.4, 0.5) is 5.69 Å². The van der Waals surface area contributed by atoms with Gasteiger partial charge >= 0.3 is 0 Å². The minimum absolute atomic E-state index is 0.145. The Morgan fingerprint density at radius 2 is 2.11 bits per heavy atom. The zero-order chi connectivity index (χ0) is 13.8. The van der Waals surface area contributed by atoms with Gasteiger partial charge in [0.15, 0.2) is 0 Å². The fourth-order valence-electron chi connectivity index (χ4n) is 2.87. The number of nitro benzene ring substituents is 1. The van der Waals surface area contributed by atoms with Crippen LogP contribution in [0.3, 0.4) is 0 Å². The number of nitro groups is 1. The highest BCUT2D eigenvalue weighted by Gasteiger charge is 2.27. The van der Waals surface area contributed by atoms with Crippen molar-refractivity contribution in [2.75, 3.05) is 13.1 Å². The summed E-state index contributed by atoms with van der Waals surface area (Å²) in [6.45, 7) is 4.81. The fourth-order valence-corrected chi connectivity index (χ4v) is 2.87. The lowest BCUT2D eigenvalue weighted by atomic mass is 9.90. The van der Waals surface area contributed by atoms with Gasteiger partial charge in [-0.25, -0.2) is 0 Å². The topological polar surface area (TPSA) is 72.4 Å². The van der Waals surface area contributed by atoms with E-state index in [-0.39, 0.29) is 10.6 Å². The summed E-state index contributed by atoms with van der Waals surface area (Å²) in [5, 5.41) is 10.6. The van der Waals surface area contributed by atoms with Gasteiger partial charge < -0.3 is 5.73 Å². The Hall–Kier alpha value is -1.46. The normalized spacial score (nSPS) is 24.3. The predicted molar refractivity (Wildman–Crippen MR) is 74.7 cm³/mol. The molecular formula is C14H21N3O2. The standard InChI is InChI=1S/C14H21N3O2/c1-11-3-2-8-16(14(11)9-15)10-12-4-6-13(7-5-12)17(18)19/h4-7,11,14H,2-3,8-10,15H2,1H3. The van der Waals surface area contributed by atoms with E-state index < -0.39 is 0 Å². The van der Waals surface area contributed by atoms with Gasteiger partial charge in [-0.05, 0) is 30.9 Å². The average Bonchev–Trinajstić information content (AvgIpc) is 2.39. The van der Waals surface area contributed by atoms with Gasteiger partial charge in [0, 0.05) is 31.3 Å². The number of hydrogen-bond donors (Lipinski definition) is 1. The number of piperidine rings is 1. The van der Waals surface area contributed by atoms with Crippen LogP contribution in [0.25, 0.3) is 0 Å². The van der Waals surface area contributed by atoms with E-state index in [1.807, 2.05) is 12.1 Å². The van der Waals surface area contributed by atoms with Crippen molar-refractivity contribution in [3.05, 3.63) is 39.9 Å². The lowest BCUT2D eigenvalue weighted by Crippen LogP contribution is -2.47. The number of non-ortho nitro benzene ring substituents is 1. The Labute approximate surface area is 113 Å². The van der Waals surface area contributed by atoms with Crippen molar-refractivity contribution in [3.63, 3.8) is 0 Å². The van der Waals surface area contributed by atoms with E-state index in [4.69, 9.17) is 5.73 Å². The fraction of sp³-hybridized carbons (Fsp3) is 0.571. The summed E-state index contributed by atoms with van der Waals surface area (Å²) in [6, 6.07) is 7.24.